The molecule has 0 aliphatic rings. The van der Waals surface area contributed by atoms with Gasteiger partial charge >= 0.3 is 6.03 Å². The summed E-state index contributed by atoms with van der Waals surface area (Å²) in [5.41, 5.74) is 3.98. The Bertz CT molecular complexity index is 784. The zero-order valence-corrected chi connectivity index (χ0v) is 16.7. The first kappa shape index (κ1) is 20.5. The molecule has 2 rings (SSSR count). The van der Waals surface area contributed by atoms with Gasteiger partial charge in [0.1, 0.15) is 0 Å². The SMILES string of the molecule is CC(=O)Nc1cccc([C@@H](C)NC(=O)N[C@@H](C)c2ccc(C(C)C)cc2)c1. The van der Waals surface area contributed by atoms with Crippen LogP contribution in [-0.2, 0) is 4.79 Å². The van der Waals surface area contributed by atoms with Crippen molar-refractivity contribution in [2.75, 3.05) is 5.32 Å². The summed E-state index contributed by atoms with van der Waals surface area (Å²) in [5, 5.41) is 8.67. The van der Waals surface area contributed by atoms with Crippen LogP contribution >= 0.6 is 0 Å². The fourth-order valence-corrected chi connectivity index (χ4v) is 2.86. The summed E-state index contributed by atoms with van der Waals surface area (Å²) < 4.78 is 0. The summed E-state index contributed by atoms with van der Waals surface area (Å²) in [4.78, 5) is 23.6. The zero-order chi connectivity index (χ0) is 20.0. The second-order valence-corrected chi connectivity index (χ2v) is 7.19. The Hall–Kier alpha value is -2.82. The highest BCUT2D eigenvalue weighted by Gasteiger charge is 2.13. The normalized spacial score (nSPS) is 13.0. The molecule has 2 aromatic carbocycles. The van der Waals surface area contributed by atoms with E-state index in [0.29, 0.717) is 11.6 Å². The molecule has 0 fully saturated rings. The number of hydrogen-bond donors (Lipinski definition) is 3. The molecule has 144 valence electrons. The average Bonchev–Trinajstić information content (AvgIpc) is 2.61. The minimum Gasteiger partial charge on any atom is -0.332 e. The highest BCUT2D eigenvalue weighted by Crippen LogP contribution is 2.20. The summed E-state index contributed by atoms with van der Waals surface area (Å²) in [6.45, 7) is 9.66. The molecule has 0 radical (unpaired) electrons. The Morgan fingerprint density at radius 2 is 1.33 bits per heavy atom. The van der Waals surface area contributed by atoms with E-state index in [4.69, 9.17) is 0 Å². The number of benzene rings is 2. The molecule has 27 heavy (non-hydrogen) atoms. The summed E-state index contributed by atoms with van der Waals surface area (Å²) in [6.07, 6.45) is 0. The number of urea groups is 1. The van der Waals surface area contributed by atoms with Crippen molar-refractivity contribution in [1.82, 2.24) is 10.6 Å². The maximum absolute atomic E-state index is 12.4. The quantitative estimate of drug-likeness (QED) is 0.680. The van der Waals surface area contributed by atoms with E-state index in [1.807, 2.05) is 38.1 Å². The third-order valence-corrected chi connectivity index (χ3v) is 4.51. The fourth-order valence-electron chi connectivity index (χ4n) is 2.86. The van der Waals surface area contributed by atoms with Crippen LogP contribution in [-0.4, -0.2) is 11.9 Å². The molecule has 2 aromatic rings. The molecule has 0 saturated heterocycles. The lowest BCUT2D eigenvalue weighted by atomic mass is 10.00. The molecule has 0 spiro atoms. The molecule has 0 aliphatic heterocycles. The van der Waals surface area contributed by atoms with Crippen LogP contribution in [0.1, 0.15) is 69.3 Å². The second kappa shape index (κ2) is 9.21. The Labute approximate surface area is 161 Å². The van der Waals surface area contributed by atoms with Crippen molar-refractivity contribution in [2.45, 2.75) is 52.6 Å². The maximum atomic E-state index is 12.4. The standard InChI is InChI=1S/C22H29N3O2/c1-14(2)18-9-11-19(12-10-18)15(3)23-22(27)24-16(4)20-7-6-8-21(13-20)25-17(5)26/h6-16H,1-5H3,(H,25,26)(H2,23,24,27)/t15-,16+/m0/s1. The Kier molecular flexibility index (Phi) is 6.99. The van der Waals surface area contributed by atoms with Gasteiger partial charge in [-0.15, -0.1) is 0 Å². The number of anilines is 1. The number of rotatable bonds is 6. The predicted octanol–water partition coefficient (Wildman–Crippen LogP) is 4.89. The van der Waals surface area contributed by atoms with Gasteiger partial charge in [-0.25, -0.2) is 4.79 Å². The van der Waals surface area contributed by atoms with Crippen molar-refractivity contribution >= 4 is 17.6 Å². The van der Waals surface area contributed by atoms with Gasteiger partial charge in [0.05, 0.1) is 12.1 Å². The van der Waals surface area contributed by atoms with Crippen LogP contribution in [0.25, 0.3) is 0 Å². The number of carbonyl (C=O) groups is 2. The van der Waals surface area contributed by atoms with Crippen molar-refractivity contribution in [3.05, 3.63) is 65.2 Å². The Morgan fingerprint density at radius 1 is 0.778 bits per heavy atom. The van der Waals surface area contributed by atoms with E-state index >= 15 is 0 Å². The van der Waals surface area contributed by atoms with Crippen molar-refractivity contribution in [3.63, 3.8) is 0 Å². The summed E-state index contributed by atoms with van der Waals surface area (Å²) in [7, 11) is 0. The highest BCUT2D eigenvalue weighted by atomic mass is 16.2. The number of carbonyl (C=O) groups excluding carboxylic acids is 2. The summed E-state index contributed by atoms with van der Waals surface area (Å²) >= 11 is 0. The second-order valence-electron chi connectivity index (χ2n) is 7.19. The largest absolute Gasteiger partial charge is 0.332 e. The predicted molar refractivity (Wildman–Crippen MR) is 110 cm³/mol. The first-order valence-electron chi connectivity index (χ1n) is 9.30. The number of amides is 3. The highest BCUT2D eigenvalue weighted by molar-refractivity contribution is 5.88. The molecule has 3 amide bonds. The molecular weight excluding hydrogens is 338 g/mol. The van der Waals surface area contributed by atoms with E-state index in [9.17, 15) is 9.59 Å². The number of hydrogen-bond acceptors (Lipinski definition) is 2. The van der Waals surface area contributed by atoms with Gasteiger partial charge in [0.25, 0.3) is 0 Å². The van der Waals surface area contributed by atoms with Crippen molar-refractivity contribution in [3.8, 4) is 0 Å². The van der Waals surface area contributed by atoms with Gasteiger partial charge in [0, 0.05) is 12.6 Å². The molecule has 5 heteroatoms. The van der Waals surface area contributed by atoms with Gasteiger partial charge in [-0.1, -0.05) is 50.2 Å². The lowest BCUT2D eigenvalue weighted by Gasteiger charge is -2.19. The molecule has 0 saturated carbocycles. The van der Waals surface area contributed by atoms with E-state index in [0.717, 1.165) is 11.1 Å². The van der Waals surface area contributed by atoms with Crippen LogP contribution in [0.2, 0.25) is 0 Å². The number of nitrogens with one attached hydrogen (secondary N) is 3. The third kappa shape index (κ3) is 6.13. The molecule has 0 unspecified atom stereocenters. The molecule has 2 atom stereocenters. The van der Waals surface area contributed by atoms with Crippen LogP contribution in [0.15, 0.2) is 48.5 Å². The van der Waals surface area contributed by atoms with Crippen LogP contribution in [0.4, 0.5) is 10.5 Å². The van der Waals surface area contributed by atoms with E-state index in [1.54, 1.807) is 0 Å². The monoisotopic (exact) mass is 367 g/mol. The molecule has 0 aromatic heterocycles. The minimum atomic E-state index is -0.229. The topological polar surface area (TPSA) is 70.2 Å². The fraction of sp³-hybridized carbons (Fsp3) is 0.364. The summed E-state index contributed by atoms with van der Waals surface area (Å²) in [6, 6.07) is 15.3. The van der Waals surface area contributed by atoms with E-state index in [2.05, 4.69) is 54.1 Å². The molecule has 0 bridgehead atoms. The van der Waals surface area contributed by atoms with Crippen LogP contribution in [0, 0.1) is 0 Å². The molecule has 0 heterocycles. The lowest BCUT2D eigenvalue weighted by Crippen LogP contribution is -2.38. The van der Waals surface area contributed by atoms with Crippen LogP contribution < -0.4 is 16.0 Å². The van der Waals surface area contributed by atoms with Crippen LogP contribution in [0.5, 0.6) is 0 Å². The van der Waals surface area contributed by atoms with E-state index in [1.165, 1.54) is 12.5 Å². The zero-order valence-electron chi connectivity index (χ0n) is 16.7. The van der Waals surface area contributed by atoms with Crippen LogP contribution in [0.3, 0.4) is 0 Å². The van der Waals surface area contributed by atoms with E-state index in [-0.39, 0.29) is 24.0 Å². The lowest BCUT2D eigenvalue weighted by molar-refractivity contribution is -0.114. The van der Waals surface area contributed by atoms with Crippen molar-refractivity contribution in [1.29, 1.82) is 0 Å². The first-order chi connectivity index (χ1) is 12.8. The van der Waals surface area contributed by atoms with Gasteiger partial charge < -0.3 is 16.0 Å². The average molecular weight is 367 g/mol. The molecular formula is C22H29N3O2. The van der Waals surface area contributed by atoms with Gasteiger partial charge in [0.15, 0.2) is 0 Å². The van der Waals surface area contributed by atoms with Gasteiger partial charge in [-0.3, -0.25) is 4.79 Å². The smallest absolute Gasteiger partial charge is 0.315 e. The van der Waals surface area contributed by atoms with Crippen molar-refractivity contribution in [2.24, 2.45) is 0 Å². The molecule has 0 aliphatic carbocycles. The van der Waals surface area contributed by atoms with Crippen molar-refractivity contribution < 1.29 is 9.59 Å². The third-order valence-electron chi connectivity index (χ3n) is 4.51. The Morgan fingerprint density at radius 3 is 1.89 bits per heavy atom. The minimum absolute atomic E-state index is 0.0934. The first-order valence-corrected chi connectivity index (χ1v) is 9.30. The Balaban J connectivity index is 1.95. The maximum Gasteiger partial charge on any atom is 0.315 e. The van der Waals surface area contributed by atoms with Gasteiger partial charge in [0.2, 0.25) is 5.91 Å². The van der Waals surface area contributed by atoms with E-state index < -0.39 is 0 Å². The summed E-state index contributed by atoms with van der Waals surface area (Å²) in [5.74, 6) is 0.363. The molecule has 3 N–H and O–H groups in total. The van der Waals surface area contributed by atoms with Gasteiger partial charge in [-0.05, 0) is 48.6 Å². The van der Waals surface area contributed by atoms with Gasteiger partial charge in [-0.2, -0.15) is 0 Å². The molecule has 5 nitrogen and oxygen atoms in total.